The molecule has 1 aliphatic carbocycles. The number of nitrogens with one attached hydrogen (secondary N) is 2. The second-order valence-electron chi connectivity index (χ2n) is 4.10. The van der Waals surface area contributed by atoms with Crippen LogP contribution in [0, 0.1) is 0 Å². The van der Waals surface area contributed by atoms with Crippen molar-refractivity contribution in [2.24, 2.45) is 0 Å². The molecule has 0 atom stereocenters. The molecule has 10 nitrogen and oxygen atoms in total. The molecule has 3 amide bonds. The van der Waals surface area contributed by atoms with Crippen molar-refractivity contribution in [2.45, 2.75) is 30.6 Å². The van der Waals surface area contributed by atoms with Crippen molar-refractivity contribution in [3.05, 3.63) is 0 Å². The summed E-state index contributed by atoms with van der Waals surface area (Å²) in [7, 11) is 0. The van der Waals surface area contributed by atoms with Gasteiger partial charge < -0.3 is 10.4 Å². The summed E-state index contributed by atoms with van der Waals surface area (Å²) in [5.41, 5.74) is 0. The fourth-order valence-electron chi connectivity index (χ4n) is 1.27. The van der Waals surface area contributed by atoms with Gasteiger partial charge >= 0.3 is 12.0 Å². The first-order chi connectivity index (χ1) is 9.54. The monoisotopic (exact) mass is 300 g/mol. The van der Waals surface area contributed by atoms with Crippen LogP contribution < -0.4 is 10.6 Å². The predicted molar refractivity (Wildman–Crippen MR) is 65.9 cm³/mol. The highest BCUT2D eigenvalue weighted by molar-refractivity contribution is 7.99. The fourth-order valence-corrected chi connectivity index (χ4v) is 1.95. The third kappa shape index (κ3) is 4.50. The first kappa shape index (κ1) is 14.2. The normalized spacial score (nSPS) is 13.8. The van der Waals surface area contributed by atoms with Gasteiger partial charge in [0.1, 0.15) is 6.54 Å². The van der Waals surface area contributed by atoms with Gasteiger partial charge in [0.2, 0.25) is 11.1 Å². The number of aromatic nitrogens is 4. The minimum absolute atomic E-state index is 0.0852. The van der Waals surface area contributed by atoms with E-state index in [1.807, 2.05) is 0 Å². The van der Waals surface area contributed by atoms with Gasteiger partial charge in [0.25, 0.3) is 0 Å². The van der Waals surface area contributed by atoms with E-state index in [1.54, 1.807) is 0 Å². The maximum absolute atomic E-state index is 11.5. The molecular weight excluding hydrogens is 288 g/mol. The van der Waals surface area contributed by atoms with Gasteiger partial charge in [-0.25, -0.2) is 9.48 Å². The first-order valence-electron chi connectivity index (χ1n) is 5.75. The van der Waals surface area contributed by atoms with Crippen molar-refractivity contribution in [3.8, 4) is 0 Å². The molecule has 0 unspecified atom stereocenters. The molecule has 0 aromatic carbocycles. The van der Waals surface area contributed by atoms with Crippen LogP contribution in [0.4, 0.5) is 4.79 Å². The summed E-state index contributed by atoms with van der Waals surface area (Å²) >= 11 is 0.952. The van der Waals surface area contributed by atoms with Gasteiger partial charge in [0, 0.05) is 6.04 Å². The van der Waals surface area contributed by atoms with E-state index in [0.717, 1.165) is 29.3 Å². The van der Waals surface area contributed by atoms with Crippen LogP contribution in [0.3, 0.4) is 0 Å². The lowest BCUT2D eigenvalue weighted by Gasteiger charge is -2.05. The Morgan fingerprint density at radius 1 is 1.40 bits per heavy atom. The number of hydrogen-bond acceptors (Lipinski definition) is 7. The molecule has 11 heteroatoms. The number of carboxylic acids is 1. The lowest BCUT2D eigenvalue weighted by Crippen LogP contribution is -2.41. The van der Waals surface area contributed by atoms with Gasteiger partial charge in [-0.15, -0.1) is 5.10 Å². The van der Waals surface area contributed by atoms with E-state index in [2.05, 4.69) is 26.2 Å². The van der Waals surface area contributed by atoms with E-state index in [4.69, 9.17) is 5.11 Å². The Balaban J connectivity index is 1.76. The van der Waals surface area contributed by atoms with E-state index in [0.29, 0.717) is 0 Å². The van der Waals surface area contributed by atoms with Gasteiger partial charge in [-0.3, -0.25) is 14.9 Å². The molecule has 1 fully saturated rings. The number of rotatable bonds is 6. The molecule has 0 aliphatic heterocycles. The van der Waals surface area contributed by atoms with Crippen molar-refractivity contribution < 1.29 is 19.5 Å². The molecule has 1 heterocycles. The quantitative estimate of drug-likeness (QED) is 0.559. The first-order valence-corrected chi connectivity index (χ1v) is 6.74. The fraction of sp³-hybridized carbons (Fsp3) is 0.556. The molecule has 0 saturated heterocycles. The minimum Gasteiger partial charge on any atom is -0.480 e. The molecule has 3 N–H and O–H groups in total. The number of carbonyl (C=O) groups is 3. The topological polar surface area (TPSA) is 139 Å². The van der Waals surface area contributed by atoms with Gasteiger partial charge in [-0.05, 0) is 23.3 Å². The van der Waals surface area contributed by atoms with E-state index in [-0.39, 0.29) is 23.5 Å². The standard InChI is InChI=1S/C9H12N6O4S/c16-6(11-8(19)10-5-1-2-5)4-20-9-12-13-14-15(9)3-7(17)18/h5H,1-4H2,(H,17,18)(H2,10,11,16,19). The summed E-state index contributed by atoms with van der Waals surface area (Å²) in [4.78, 5) is 33.4. The van der Waals surface area contributed by atoms with Crippen molar-refractivity contribution in [2.75, 3.05) is 5.75 Å². The van der Waals surface area contributed by atoms with Crippen LogP contribution in [0.2, 0.25) is 0 Å². The lowest BCUT2D eigenvalue weighted by atomic mass is 10.6. The van der Waals surface area contributed by atoms with Crippen LogP contribution in [0.1, 0.15) is 12.8 Å². The number of thioether (sulfide) groups is 1. The van der Waals surface area contributed by atoms with Crippen LogP contribution in [-0.2, 0) is 16.1 Å². The summed E-state index contributed by atoms with van der Waals surface area (Å²) in [6.07, 6.45) is 1.86. The summed E-state index contributed by atoms with van der Waals surface area (Å²) in [5.74, 6) is -1.68. The van der Waals surface area contributed by atoms with Crippen LogP contribution in [0.15, 0.2) is 5.16 Å². The Bertz CT molecular complexity index is 528. The second-order valence-corrected chi connectivity index (χ2v) is 5.04. The number of urea groups is 1. The number of carboxylic acid groups (broad SMARTS) is 1. The Hall–Kier alpha value is -2.17. The zero-order valence-electron chi connectivity index (χ0n) is 10.3. The van der Waals surface area contributed by atoms with E-state index >= 15 is 0 Å². The number of carbonyl (C=O) groups excluding carboxylic acids is 2. The number of imide groups is 1. The molecule has 0 bridgehead atoms. The van der Waals surface area contributed by atoms with E-state index < -0.39 is 17.9 Å². The molecule has 20 heavy (non-hydrogen) atoms. The molecular formula is C9H12N6O4S. The molecule has 1 aromatic heterocycles. The summed E-state index contributed by atoms with van der Waals surface area (Å²) in [5, 5.41) is 24.0. The zero-order valence-corrected chi connectivity index (χ0v) is 11.1. The Labute approximate surface area is 117 Å². The number of amides is 3. The average Bonchev–Trinajstić information content (AvgIpc) is 3.05. The van der Waals surface area contributed by atoms with Crippen molar-refractivity contribution in [1.29, 1.82) is 0 Å². The highest BCUT2D eigenvalue weighted by atomic mass is 32.2. The average molecular weight is 300 g/mol. The lowest BCUT2D eigenvalue weighted by molar-refractivity contribution is -0.138. The zero-order chi connectivity index (χ0) is 14.5. The molecule has 0 spiro atoms. The Kier molecular flexibility index (Phi) is 4.50. The number of hydrogen-bond donors (Lipinski definition) is 3. The summed E-state index contributed by atoms with van der Waals surface area (Å²) in [6.45, 7) is -0.390. The highest BCUT2D eigenvalue weighted by Gasteiger charge is 2.24. The minimum atomic E-state index is -1.09. The maximum atomic E-state index is 11.5. The molecule has 2 rings (SSSR count). The molecule has 0 radical (unpaired) electrons. The van der Waals surface area contributed by atoms with Crippen molar-refractivity contribution >= 4 is 29.7 Å². The smallest absolute Gasteiger partial charge is 0.325 e. The molecule has 1 aliphatic rings. The van der Waals surface area contributed by atoms with Gasteiger partial charge in [-0.2, -0.15) is 0 Å². The Morgan fingerprint density at radius 3 is 2.80 bits per heavy atom. The second kappa shape index (κ2) is 6.32. The van der Waals surface area contributed by atoms with Crippen molar-refractivity contribution in [3.63, 3.8) is 0 Å². The predicted octanol–water partition coefficient (Wildman–Crippen LogP) is -1.16. The molecule has 1 aromatic rings. The van der Waals surface area contributed by atoms with Gasteiger partial charge in [0.05, 0.1) is 5.75 Å². The number of aliphatic carboxylic acids is 1. The number of tetrazole rings is 1. The Morgan fingerprint density at radius 2 is 2.15 bits per heavy atom. The maximum Gasteiger partial charge on any atom is 0.325 e. The number of nitrogens with zero attached hydrogens (tertiary/aromatic N) is 4. The molecule has 108 valence electrons. The van der Waals surface area contributed by atoms with Crippen LogP contribution in [-0.4, -0.2) is 55.0 Å². The third-order valence-electron chi connectivity index (χ3n) is 2.28. The van der Waals surface area contributed by atoms with Crippen LogP contribution in [0.5, 0.6) is 0 Å². The molecule has 1 saturated carbocycles. The van der Waals surface area contributed by atoms with Crippen LogP contribution >= 0.6 is 11.8 Å². The summed E-state index contributed by atoms with van der Waals surface area (Å²) in [6, 6.07) is -0.360. The van der Waals surface area contributed by atoms with Crippen molar-refractivity contribution in [1.82, 2.24) is 30.8 Å². The third-order valence-corrected chi connectivity index (χ3v) is 3.24. The SMILES string of the molecule is O=C(O)Cn1nnnc1SCC(=O)NC(=O)NC1CC1. The largest absolute Gasteiger partial charge is 0.480 e. The van der Waals surface area contributed by atoms with E-state index in [1.165, 1.54) is 0 Å². The van der Waals surface area contributed by atoms with E-state index in [9.17, 15) is 14.4 Å². The van der Waals surface area contributed by atoms with Crippen LogP contribution in [0.25, 0.3) is 0 Å². The van der Waals surface area contributed by atoms with Gasteiger partial charge in [0.15, 0.2) is 0 Å². The summed E-state index contributed by atoms with van der Waals surface area (Å²) < 4.78 is 1.06. The highest BCUT2D eigenvalue weighted by Crippen LogP contribution is 2.18. The van der Waals surface area contributed by atoms with Gasteiger partial charge in [-0.1, -0.05) is 11.8 Å².